The Bertz CT molecular complexity index is 1310. The molecular weight excluding hydrogens is 450 g/mol. The van der Waals surface area contributed by atoms with Crippen LogP contribution >= 0.6 is 12.2 Å². The number of amides is 1. The van der Waals surface area contributed by atoms with E-state index in [1.165, 1.54) is 0 Å². The lowest BCUT2D eigenvalue weighted by Gasteiger charge is -2.40. The van der Waals surface area contributed by atoms with Crippen LogP contribution in [0.15, 0.2) is 54.7 Å². The molecule has 1 aliphatic rings. The highest BCUT2D eigenvalue weighted by Gasteiger charge is 2.42. The number of carbonyl (C=O) groups is 2. The topological polar surface area (TPSA) is 100 Å². The summed E-state index contributed by atoms with van der Waals surface area (Å²) in [5.74, 6) is -2.28. The summed E-state index contributed by atoms with van der Waals surface area (Å²) in [5.41, 5.74) is 3.83. The molecule has 0 spiro atoms. The predicted molar refractivity (Wildman–Crippen MR) is 131 cm³/mol. The van der Waals surface area contributed by atoms with Gasteiger partial charge in [-0.15, -0.1) is 0 Å². The molecular formula is C25H23N5O3S. The first-order valence-corrected chi connectivity index (χ1v) is 11.2. The summed E-state index contributed by atoms with van der Waals surface area (Å²) in [6.45, 7) is 5.75. The molecule has 0 aliphatic carbocycles. The van der Waals surface area contributed by atoms with E-state index in [1.54, 1.807) is 22.7 Å². The van der Waals surface area contributed by atoms with Gasteiger partial charge in [-0.3, -0.25) is 4.79 Å². The summed E-state index contributed by atoms with van der Waals surface area (Å²) in [6, 6.07) is 17.1. The fraction of sp³-hybridized carbons (Fsp3) is 0.240. The average Bonchev–Trinajstić information content (AvgIpc) is 3.27. The minimum atomic E-state index is -1.14. The Kier molecular flexibility index (Phi) is 6.43. The molecule has 2 heterocycles. The van der Waals surface area contributed by atoms with E-state index in [0.717, 1.165) is 22.5 Å². The zero-order valence-corrected chi connectivity index (χ0v) is 19.8. The van der Waals surface area contributed by atoms with Gasteiger partial charge in [0.25, 0.3) is 0 Å². The van der Waals surface area contributed by atoms with Crippen molar-refractivity contribution >= 4 is 34.8 Å². The number of ether oxygens (including phenoxy) is 1. The number of thiocarbonyl (C=S) groups is 1. The van der Waals surface area contributed by atoms with Crippen LogP contribution in [0, 0.1) is 31.1 Å². The second-order valence-corrected chi connectivity index (χ2v) is 8.32. The zero-order chi connectivity index (χ0) is 24.4. The lowest BCUT2D eigenvalue weighted by Crippen LogP contribution is -2.56. The Morgan fingerprint density at radius 3 is 2.65 bits per heavy atom. The largest absolute Gasteiger partial charge is 0.461 e. The molecule has 8 nitrogen and oxygen atoms in total. The summed E-state index contributed by atoms with van der Waals surface area (Å²) < 4.78 is 6.82. The number of hydrogen-bond donors (Lipinski definition) is 1. The Hall–Kier alpha value is -4.03. The molecule has 0 bridgehead atoms. The Balaban J connectivity index is 1.92. The van der Waals surface area contributed by atoms with E-state index in [0.29, 0.717) is 5.56 Å². The Morgan fingerprint density at radius 2 is 1.97 bits per heavy atom. The number of rotatable bonds is 5. The van der Waals surface area contributed by atoms with Crippen LogP contribution in [-0.4, -0.2) is 33.3 Å². The van der Waals surface area contributed by atoms with Gasteiger partial charge in [0.15, 0.2) is 11.6 Å². The molecule has 0 radical (unpaired) electrons. The van der Waals surface area contributed by atoms with Gasteiger partial charge in [-0.25, -0.2) is 9.48 Å². The lowest BCUT2D eigenvalue weighted by molar-refractivity contribution is -0.123. The average molecular weight is 474 g/mol. The number of esters is 1. The van der Waals surface area contributed by atoms with Crippen molar-refractivity contribution in [1.82, 2.24) is 15.1 Å². The number of para-hydroxylation sites is 1. The van der Waals surface area contributed by atoms with Gasteiger partial charge in [0.05, 0.1) is 18.4 Å². The fourth-order valence-corrected chi connectivity index (χ4v) is 4.25. The van der Waals surface area contributed by atoms with Gasteiger partial charge in [0, 0.05) is 17.4 Å². The van der Waals surface area contributed by atoms with Crippen molar-refractivity contribution < 1.29 is 14.3 Å². The first-order valence-electron chi connectivity index (χ1n) is 10.8. The van der Waals surface area contributed by atoms with Crippen LogP contribution in [-0.2, 0) is 9.53 Å². The minimum absolute atomic E-state index is 0.0597. The molecule has 1 saturated heterocycles. The molecule has 1 fully saturated rings. The summed E-state index contributed by atoms with van der Waals surface area (Å²) >= 11 is 5.65. The molecule has 34 heavy (non-hydrogen) atoms. The third-order valence-electron chi connectivity index (χ3n) is 5.56. The number of aryl methyl sites for hydroxylation is 2. The molecule has 1 aromatic heterocycles. The molecule has 2 atom stereocenters. The van der Waals surface area contributed by atoms with E-state index >= 15 is 0 Å². The number of aromatic nitrogens is 2. The normalized spacial score (nSPS) is 17.8. The van der Waals surface area contributed by atoms with Crippen LogP contribution in [0.3, 0.4) is 0 Å². The van der Waals surface area contributed by atoms with Gasteiger partial charge in [0.1, 0.15) is 11.2 Å². The molecule has 172 valence electrons. The van der Waals surface area contributed by atoms with E-state index < -0.39 is 24.0 Å². The number of benzene rings is 2. The maximum atomic E-state index is 12.9. The first kappa shape index (κ1) is 23.1. The monoisotopic (exact) mass is 473 g/mol. The number of nitrogens with zero attached hydrogens (tertiary/aromatic N) is 4. The maximum Gasteiger partial charge on any atom is 0.359 e. The van der Waals surface area contributed by atoms with Gasteiger partial charge >= 0.3 is 5.97 Å². The molecule has 4 rings (SSSR count). The molecule has 0 saturated carbocycles. The minimum Gasteiger partial charge on any atom is -0.461 e. The van der Waals surface area contributed by atoms with Crippen molar-refractivity contribution in [3.05, 3.63) is 77.1 Å². The van der Waals surface area contributed by atoms with Crippen molar-refractivity contribution in [3.8, 4) is 11.8 Å². The molecule has 0 unspecified atom stereocenters. The summed E-state index contributed by atoms with van der Waals surface area (Å²) in [4.78, 5) is 27.6. The van der Waals surface area contributed by atoms with Gasteiger partial charge in [-0.2, -0.15) is 10.4 Å². The number of anilines is 1. The fourth-order valence-electron chi connectivity index (χ4n) is 3.89. The van der Waals surface area contributed by atoms with E-state index in [9.17, 15) is 14.9 Å². The van der Waals surface area contributed by atoms with Crippen LogP contribution in [0.5, 0.6) is 0 Å². The third-order valence-corrected chi connectivity index (χ3v) is 6.00. The number of hydrogen-bond acceptors (Lipinski definition) is 6. The predicted octanol–water partition coefficient (Wildman–Crippen LogP) is 3.77. The SMILES string of the molecule is CCOC(=O)c1nn(-c2ccccc2)cc1[C@@H]1NC(=O)[C@@H](C#N)C(=S)N1c1cc(C)ccc1C. The molecule has 1 amide bonds. The number of nitrogens with one attached hydrogen (secondary N) is 1. The summed E-state index contributed by atoms with van der Waals surface area (Å²) in [7, 11) is 0. The van der Waals surface area contributed by atoms with Gasteiger partial charge in [-0.05, 0) is 50.1 Å². The van der Waals surface area contributed by atoms with Crippen LogP contribution in [0.4, 0.5) is 5.69 Å². The van der Waals surface area contributed by atoms with E-state index in [2.05, 4.69) is 10.4 Å². The van der Waals surface area contributed by atoms with Crippen LogP contribution < -0.4 is 10.2 Å². The molecule has 3 aromatic rings. The van der Waals surface area contributed by atoms with Crippen molar-refractivity contribution in [3.63, 3.8) is 0 Å². The Morgan fingerprint density at radius 1 is 1.24 bits per heavy atom. The van der Waals surface area contributed by atoms with Crippen molar-refractivity contribution in [1.29, 1.82) is 5.26 Å². The number of nitriles is 1. The molecule has 2 aromatic carbocycles. The van der Waals surface area contributed by atoms with Crippen molar-refractivity contribution in [2.75, 3.05) is 11.5 Å². The summed E-state index contributed by atoms with van der Waals surface area (Å²) in [6.07, 6.45) is 0.821. The second kappa shape index (κ2) is 9.45. The smallest absolute Gasteiger partial charge is 0.359 e. The highest BCUT2D eigenvalue weighted by Crippen LogP contribution is 2.35. The van der Waals surface area contributed by atoms with Crippen LogP contribution in [0.1, 0.15) is 40.3 Å². The van der Waals surface area contributed by atoms with Crippen LogP contribution in [0.25, 0.3) is 5.69 Å². The van der Waals surface area contributed by atoms with E-state index in [-0.39, 0.29) is 17.3 Å². The highest BCUT2D eigenvalue weighted by atomic mass is 32.1. The van der Waals surface area contributed by atoms with Crippen molar-refractivity contribution in [2.24, 2.45) is 5.92 Å². The quantitative estimate of drug-likeness (QED) is 0.445. The highest BCUT2D eigenvalue weighted by molar-refractivity contribution is 7.80. The molecule has 1 aliphatic heterocycles. The number of carbonyl (C=O) groups excluding carboxylic acids is 2. The van der Waals surface area contributed by atoms with Gasteiger partial charge < -0.3 is 15.0 Å². The van der Waals surface area contributed by atoms with Gasteiger partial charge in [-0.1, -0.05) is 42.5 Å². The maximum absolute atomic E-state index is 12.9. The van der Waals surface area contributed by atoms with E-state index in [1.807, 2.05) is 68.4 Å². The molecule has 1 N–H and O–H groups in total. The van der Waals surface area contributed by atoms with E-state index in [4.69, 9.17) is 17.0 Å². The second-order valence-electron chi connectivity index (χ2n) is 7.91. The van der Waals surface area contributed by atoms with Crippen LogP contribution in [0.2, 0.25) is 0 Å². The molecule has 9 heteroatoms. The lowest BCUT2D eigenvalue weighted by atomic mass is 9.99. The first-order chi connectivity index (χ1) is 16.3. The summed E-state index contributed by atoms with van der Waals surface area (Å²) in [5, 5.41) is 17.0. The standard InChI is InChI=1S/C25H23N5O3S/c1-4-33-25(32)21-19(14-29(28-21)17-8-6-5-7-9-17)22-27-23(31)18(13-26)24(34)30(22)20-12-15(2)10-11-16(20)3/h5-12,14,18,22H,4H2,1-3H3,(H,27,31)/t18-,22-/m1/s1. The zero-order valence-electron chi connectivity index (χ0n) is 19.0. The van der Waals surface area contributed by atoms with Gasteiger partial charge in [0.2, 0.25) is 5.91 Å². The van der Waals surface area contributed by atoms with Crippen molar-refractivity contribution in [2.45, 2.75) is 26.9 Å². The third kappa shape index (κ3) is 4.16. The Labute approximate surface area is 202 Å².